The third-order valence-corrected chi connectivity index (χ3v) is 15.7. The molecule has 21 heteroatoms. The van der Waals surface area contributed by atoms with Crippen molar-refractivity contribution in [1.82, 2.24) is 5.32 Å². The average Bonchev–Trinajstić information content (AvgIpc) is 1.92. The number of rotatable bonds is 46. The number of nitrogens with two attached hydrogens (primary N) is 1. The largest absolute Gasteiger partial charge is 0.510 e. The minimum atomic E-state index is -1.53. The monoisotopic (exact) mass is 1280 g/mol. The van der Waals surface area contributed by atoms with Gasteiger partial charge < -0.3 is 97.1 Å². The van der Waals surface area contributed by atoms with Gasteiger partial charge in [-0.25, -0.2) is 0 Å². The van der Waals surface area contributed by atoms with Crippen LogP contribution in [0.3, 0.4) is 0 Å². The lowest BCUT2D eigenvalue weighted by Crippen LogP contribution is -2.58. The highest BCUT2D eigenvalue weighted by molar-refractivity contribution is 6.03. The van der Waals surface area contributed by atoms with Gasteiger partial charge in [-0.2, -0.15) is 0 Å². The fourth-order valence-corrected chi connectivity index (χ4v) is 10.0. The molecule has 0 bridgehead atoms. The Bertz CT molecular complexity index is 2430. The van der Waals surface area contributed by atoms with E-state index in [0.717, 1.165) is 12.8 Å². The second-order valence-corrected chi connectivity index (χ2v) is 24.0. The van der Waals surface area contributed by atoms with E-state index in [1.807, 2.05) is 68.5 Å². The summed E-state index contributed by atoms with van der Waals surface area (Å²) in [6.45, 7) is 7.59. The number of aliphatic hydroxyl groups is 15. The fourth-order valence-electron chi connectivity index (χ4n) is 10.0. The van der Waals surface area contributed by atoms with Gasteiger partial charge in [-0.15, -0.1) is 0 Å². The van der Waals surface area contributed by atoms with Crippen molar-refractivity contribution in [1.29, 1.82) is 0 Å². The van der Waals surface area contributed by atoms with E-state index in [-0.39, 0.29) is 99.7 Å². The van der Waals surface area contributed by atoms with E-state index >= 15 is 0 Å². The number of nitrogens with one attached hydrogen (secondary N) is 1. The minimum absolute atomic E-state index is 0.0365. The Kier molecular flexibility index (Phi) is 43.0. The number of amides is 1. The zero-order valence-electron chi connectivity index (χ0n) is 53.5. The Balaban J connectivity index is 1.78. The number of unbranched alkanes of at least 4 members (excludes halogenated alkanes) is 1. The first-order valence-corrected chi connectivity index (χ1v) is 32.1. The maximum absolute atomic E-state index is 11.9. The molecule has 0 radical (unpaired) electrons. The molecular weight excluding hydrogens is 1170 g/mol. The predicted molar refractivity (Wildman–Crippen MR) is 351 cm³/mol. The van der Waals surface area contributed by atoms with Crippen LogP contribution in [0.25, 0.3) is 0 Å². The van der Waals surface area contributed by atoms with E-state index in [9.17, 15) is 86.2 Å². The molecule has 1 heterocycles. The number of hydrogen-bond donors (Lipinski definition) is 17. The summed E-state index contributed by atoms with van der Waals surface area (Å²) in [6, 6.07) is 0. The molecule has 514 valence electrons. The maximum Gasteiger partial charge on any atom is 0.248 e. The molecule has 18 N–H and O–H groups in total. The summed E-state index contributed by atoms with van der Waals surface area (Å²) in [7, 11) is 0. The van der Waals surface area contributed by atoms with Gasteiger partial charge in [0.2, 0.25) is 5.91 Å². The first-order valence-electron chi connectivity index (χ1n) is 32.1. The molecule has 0 aromatic rings. The summed E-state index contributed by atoms with van der Waals surface area (Å²) >= 11 is 0. The van der Waals surface area contributed by atoms with Crippen molar-refractivity contribution < 1.29 is 95.7 Å². The summed E-state index contributed by atoms with van der Waals surface area (Å²) in [5, 5.41) is 159. The molecule has 1 saturated heterocycles. The van der Waals surface area contributed by atoms with Gasteiger partial charge in [0, 0.05) is 43.6 Å². The minimum Gasteiger partial charge on any atom is -0.510 e. The Morgan fingerprint density at radius 3 is 1.65 bits per heavy atom. The van der Waals surface area contributed by atoms with Crippen LogP contribution < -0.4 is 11.1 Å². The smallest absolute Gasteiger partial charge is 0.248 e. The van der Waals surface area contributed by atoms with Crippen molar-refractivity contribution >= 4 is 11.7 Å². The molecule has 21 nitrogen and oxygen atoms in total. The van der Waals surface area contributed by atoms with Crippen LogP contribution >= 0.6 is 0 Å². The number of ether oxygens (including phenoxy) is 2. The van der Waals surface area contributed by atoms with Crippen LogP contribution in [0.5, 0.6) is 0 Å². The Hall–Kier alpha value is -5.12. The molecule has 20 atom stereocenters. The van der Waals surface area contributed by atoms with Gasteiger partial charge >= 0.3 is 0 Å². The number of allylic oxidation sites excluding steroid dienone is 18. The quantitative estimate of drug-likeness (QED) is 0.0168. The number of ketones is 1. The Morgan fingerprint density at radius 2 is 1.07 bits per heavy atom. The summed E-state index contributed by atoms with van der Waals surface area (Å²) in [6.07, 6.45) is 28.2. The molecule has 1 aliphatic heterocycles. The molecule has 2 rings (SSSR count). The predicted octanol–water partition coefficient (Wildman–Crippen LogP) is 4.81. The van der Waals surface area contributed by atoms with Crippen LogP contribution in [0.2, 0.25) is 0 Å². The second kappa shape index (κ2) is 47.7. The standard InChI is InChI=1S/C70H110N2O19/c1-47(36-37-56(78)45-57(79)42-52(74)30-25-31-54(76)44-59(81)46-58(80)43-53(75)29-24-28-51(73)41-55(77)32-26-40-71)63(91-70-69(89)68(88)67(87)50(4)90-70)34-22-18-14-10-7-9-13-17-21-33-60(82)49(3)66(86)48(2)27-20-16-12-8-5-6-11-15-19-23-35-64(85)72-65-61(83)38-39-62(65)84/h5-11,13-15,17-25,27,29-30,33,35,47-60,63,66-70,73-83,86-89H,12,16,26,28,31-32,34,36-46,71H2,1-4H3,(H,72,85)/b8-5+,9-7+,11-6+,14-10+,17-13+,19-15+,22-18+,27-20+,29-24+,30-25+,33-21+,35-23+. The highest BCUT2D eigenvalue weighted by Crippen LogP contribution is 2.28. The average molecular weight is 1280 g/mol. The number of carbonyl (C=O) groups excluding carboxylic acids is 2. The van der Waals surface area contributed by atoms with E-state index in [1.165, 1.54) is 30.4 Å². The molecule has 0 aromatic carbocycles. The molecular formula is C70H110N2O19. The van der Waals surface area contributed by atoms with E-state index in [1.54, 1.807) is 74.6 Å². The summed E-state index contributed by atoms with van der Waals surface area (Å²) in [5.74, 6) is -1.73. The Morgan fingerprint density at radius 1 is 0.560 bits per heavy atom. The molecule has 1 aliphatic carbocycles. The summed E-state index contributed by atoms with van der Waals surface area (Å²) in [5.41, 5.74) is 5.41. The SMILES string of the molecule is CC(/C=C/CC/C=C/C=C/C=C/C=C/C(=O)NC1=C(O)CCC1=O)C(O)C(C)C(O)/C=C/C=C/C=C/C=C/C=C/CC(OC1OC(C)C(O)C(O)C1O)C(C)CCC(O)CC(O)CC(O)/C=C/CC(O)CC(O)CC(O)CC(O)/C=C/CC(O)CC(O)CCCN. The zero-order valence-corrected chi connectivity index (χ0v) is 53.5. The van der Waals surface area contributed by atoms with Gasteiger partial charge in [0.25, 0.3) is 0 Å². The molecule has 20 unspecified atom stereocenters. The second-order valence-electron chi connectivity index (χ2n) is 24.0. The first kappa shape index (κ1) is 82.0. The number of hydrogen-bond acceptors (Lipinski definition) is 20. The van der Waals surface area contributed by atoms with Crippen LogP contribution in [-0.2, 0) is 19.1 Å². The van der Waals surface area contributed by atoms with E-state index in [4.69, 9.17) is 15.2 Å². The highest BCUT2D eigenvalue weighted by Gasteiger charge is 2.43. The lowest BCUT2D eigenvalue weighted by molar-refractivity contribution is -0.307. The molecule has 2 aliphatic rings. The third-order valence-electron chi connectivity index (χ3n) is 15.7. The fraction of sp³-hybridized carbons (Fsp3) is 0.600. The van der Waals surface area contributed by atoms with Crippen molar-refractivity contribution in [2.75, 3.05) is 6.54 Å². The molecule has 91 heavy (non-hydrogen) atoms. The van der Waals surface area contributed by atoms with E-state index in [0.29, 0.717) is 32.2 Å². The number of carbonyl (C=O) groups is 2. The van der Waals surface area contributed by atoms with Crippen LogP contribution in [0.1, 0.15) is 137 Å². The lowest BCUT2D eigenvalue weighted by atomic mass is 9.88. The molecule has 0 aromatic heterocycles. The van der Waals surface area contributed by atoms with Crippen LogP contribution in [-0.4, -0.2) is 199 Å². The first-order chi connectivity index (χ1) is 43.3. The molecule has 0 saturated carbocycles. The third kappa shape index (κ3) is 36.8. The Labute approximate surface area is 538 Å². The molecule has 1 amide bonds. The molecule has 1 fully saturated rings. The van der Waals surface area contributed by atoms with Gasteiger partial charge in [0.05, 0.1) is 79.4 Å². The normalized spacial score (nSPS) is 24.3. The maximum atomic E-state index is 11.9. The van der Waals surface area contributed by atoms with Crippen molar-refractivity contribution in [2.24, 2.45) is 23.5 Å². The van der Waals surface area contributed by atoms with Crippen molar-refractivity contribution in [3.8, 4) is 0 Å². The highest BCUT2D eigenvalue weighted by atomic mass is 16.7. The van der Waals surface area contributed by atoms with Crippen molar-refractivity contribution in [2.45, 2.75) is 241 Å². The zero-order chi connectivity index (χ0) is 67.7. The summed E-state index contributed by atoms with van der Waals surface area (Å²) in [4.78, 5) is 23.6. The van der Waals surface area contributed by atoms with Crippen LogP contribution in [0.15, 0.2) is 157 Å². The topological polar surface area (TPSA) is 394 Å². The van der Waals surface area contributed by atoms with Crippen molar-refractivity contribution in [3.63, 3.8) is 0 Å². The van der Waals surface area contributed by atoms with Gasteiger partial charge in [0.15, 0.2) is 12.1 Å². The van der Waals surface area contributed by atoms with Crippen molar-refractivity contribution in [3.05, 3.63) is 157 Å². The molecule has 0 spiro atoms. The van der Waals surface area contributed by atoms with Crippen LogP contribution in [0, 0.1) is 17.8 Å². The lowest BCUT2D eigenvalue weighted by Gasteiger charge is -2.41. The number of Topliss-reactive ketones (excluding diaryl/α,β-unsaturated/α-hetero) is 1. The van der Waals surface area contributed by atoms with Gasteiger partial charge in [-0.05, 0) is 103 Å². The summed E-state index contributed by atoms with van der Waals surface area (Å²) < 4.78 is 11.9. The van der Waals surface area contributed by atoms with E-state index in [2.05, 4.69) is 5.32 Å². The van der Waals surface area contributed by atoms with Gasteiger partial charge in [-0.3, -0.25) is 9.59 Å². The van der Waals surface area contributed by atoms with Gasteiger partial charge in [-0.1, -0.05) is 161 Å². The van der Waals surface area contributed by atoms with Crippen LogP contribution in [0.4, 0.5) is 0 Å². The van der Waals surface area contributed by atoms with E-state index < -0.39 is 116 Å². The number of aliphatic hydroxyl groups excluding tert-OH is 15. The van der Waals surface area contributed by atoms with Gasteiger partial charge in [0.1, 0.15) is 29.8 Å².